The Balaban J connectivity index is 1.88. The minimum Gasteiger partial charge on any atom is -0.368 e. The SMILES string of the molecule is Cc1ccc(-n2nc(-c3ccccc3)c3c2N(CC(N)=O)C(=O)CSC3c2ccc(F)cc2F)c(C)c1. The number of carbonyl (C=O) groups excluding carboxylic acids is 2. The highest BCUT2D eigenvalue weighted by molar-refractivity contribution is 8.00. The Bertz CT molecular complexity index is 1520. The van der Waals surface area contributed by atoms with Crippen molar-refractivity contribution in [1.82, 2.24) is 9.78 Å². The molecule has 1 unspecified atom stereocenters. The van der Waals surface area contributed by atoms with E-state index in [9.17, 15) is 14.0 Å². The molecule has 6 nitrogen and oxygen atoms in total. The Kier molecular flexibility index (Phi) is 6.55. The molecule has 9 heteroatoms. The highest BCUT2D eigenvalue weighted by Gasteiger charge is 2.38. The minimum absolute atomic E-state index is 0.0372. The lowest BCUT2D eigenvalue weighted by atomic mass is 9.99. The summed E-state index contributed by atoms with van der Waals surface area (Å²) in [4.78, 5) is 26.8. The van der Waals surface area contributed by atoms with E-state index in [1.54, 1.807) is 4.68 Å². The van der Waals surface area contributed by atoms with Gasteiger partial charge in [-0.3, -0.25) is 14.5 Å². The number of thioether (sulfide) groups is 1. The number of primary amides is 1. The lowest BCUT2D eigenvalue weighted by Gasteiger charge is -2.23. The second-order valence-electron chi connectivity index (χ2n) is 8.96. The molecule has 2 amide bonds. The van der Waals surface area contributed by atoms with Gasteiger partial charge >= 0.3 is 0 Å². The summed E-state index contributed by atoms with van der Waals surface area (Å²) in [6.07, 6.45) is 0. The zero-order valence-electron chi connectivity index (χ0n) is 20.2. The quantitative estimate of drug-likeness (QED) is 0.399. The number of carbonyl (C=O) groups is 2. The fourth-order valence-electron chi connectivity index (χ4n) is 4.65. The molecule has 0 aliphatic carbocycles. The number of aryl methyl sites for hydroxylation is 2. The first-order valence-corrected chi connectivity index (χ1v) is 12.7. The molecule has 1 atom stereocenters. The summed E-state index contributed by atoms with van der Waals surface area (Å²) in [7, 11) is 0. The fraction of sp³-hybridized carbons (Fsp3) is 0.179. The number of hydrogen-bond donors (Lipinski definition) is 1. The Morgan fingerprint density at radius 3 is 2.51 bits per heavy atom. The van der Waals surface area contributed by atoms with Gasteiger partial charge in [0.1, 0.15) is 24.0 Å². The maximum Gasteiger partial charge on any atom is 0.238 e. The lowest BCUT2D eigenvalue weighted by molar-refractivity contribution is -0.121. The van der Waals surface area contributed by atoms with Crippen LogP contribution >= 0.6 is 11.8 Å². The van der Waals surface area contributed by atoms with Gasteiger partial charge in [0.2, 0.25) is 11.8 Å². The first kappa shape index (κ1) is 24.7. The smallest absolute Gasteiger partial charge is 0.238 e. The third-order valence-electron chi connectivity index (χ3n) is 6.28. The van der Waals surface area contributed by atoms with Crippen LogP contribution in [0.5, 0.6) is 0 Å². The number of fused-ring (bicyclic) bond motifs is 1. The van der Waals surface area contributed by atoms with Gasteiger partial charge < -0.3 is 5.73 Å². The molecule has 2 N–H and O–H groups in total. The first-order chi connectivity index (χ1) is 17.7. The van der Waals surface area contributed by atoms with Crippen LogP contribution in [0.1, 0.15) is 27.5 Å². The van der Waals surface area contributed by atoms with Crippen molar-refractivity contribution in [3.8, 4) is 16.9 Å². The van der Waals surface area contributed by atoms with Crippen molar-refractivity contribution in [2.45, 2.75) is 19.1 Å². The van der Waals surface area contributed by atoms with E-state index in [1.807, 2.05) is 62.4 Å². The second kappa shape index (κ2) is 9.82. The molecule has 0 spiro atoms. The molecule has 3 aromatic carbocycles. The standard InChI is InChI=1S/C28H24F2N4O2S/c1-16-8-11-22(17(2)12-16)34-28-25(26(32-34)18-6-4-3-5-7-18)27(20-10-9-19(29)13-21(20)30)37-15-24(36)33(28)14-23(31)35/h3-13,27H,14-15H2,1-2H3,(H2,31,35). The average Bonchev–Trinajstić information content (AvgIpc) is 3.17. The maximum absolute atomic E-state index is 15.2. The number of anilines is 1. The molecule has 0 radical (unpaired) electrons. The summed E-state index contributed by atoms with van der Waals surface area (Å²) in [5.41, 5.74) is 10.3. The summed E-state index contributed by atoms with van der Waals surface area (Å²) in [5.74, 6) is -2.16. The summed E-state index contributed by atoms with van der Waals surface area (Å²) < 4.78 is 30.6. The predicted octanol–water partition coefficient (Wildman–Crippen LogP) is 5.09. The largest absolute Gasteiger partial charge is 0.368 e. The molecular weight excluding hydrogens is 494 g/mol. The topological polar surface area (TPSA) is 81.2 Å². The zero-order chi connectivity index (χ0) is 26.3. The summed E-state index contributed by atoms with van der Waals surface area (Å²) >= 11 is 1.20. The number of hydrogen-bond acceptors (Lipinski definition) is 4. The van der Waals surface area contributed by atoms with Gasteiger partial charge in [0, 0.05) is 22.8 Å². The van der Waals surface area contributed by atoms with E-state index in [4.69, 9.17) is 10.8 Å². The third-order valence-corrected chi connectivity index (χ3v) is 7.51. The van der Waals surface area contributed by atoms with Crippen molar-refractivity contribution in [1.29, 1.82) is 0 Å². The minimum atomic E-state index is -0.725. The highest BCUT2D eigenvalue weighted by atomic mass is 32.2. The van der Waals surface area contributed by atoms with Crippen molar-refractivity contribution in [2.24, 2.45) is 5.73 Å². The summed E-state index contributed by atoms with van der Waals surface area (Å²) in [5, 5.41) is 4.24. The van der Waals surface area contributed by atoms with Gasteiger partial charge in [-0.15, -0.1) is 11.8 Å². The molecular formula is C28H24F2N4O2S. The Morgan fingerprint density at radius 2 is 1.84 bits per heavy atom. The van der Waals surface area contributed by atoms with E-state index in [-0.39, 0.29) is 23.8 Å². The maximum atomic E-state index is 15.2. The number of rotatable bonds is 5. The van der Waals surface area contributed by atoms with E-state index in [1.165, 1.54) is 28.8 Å². The van der Waals surface area contributed by atoms with Gasteiger partial charge in [-0.25, -0.2) is 13.5 Å². The van der Waals surface area contributed by atoms with Crippen LogP contribution in [0.2, 0.25) is 0 Å². The van der Waals surface area contributed by atoms with Crippen LogP contribution in [-0.4, -0.2) is 33.9 Å². The molecule has 0 fully saturated rings. The van der Waals surface area contributed by atoms with Gasteiger partial charge in [-0.1, -0.05) is 54.1 Å². The van der Waals surface area contributed by atoms with Gasteiger partial charge in [-0.05, 0) is 31.5 Å². The molecule has 188 valence electrons. The molecule has 2 heterocycles. The van der Waals surface area contributed by atoms with Crippen molar-refractivity contribution in [3.63, 3.8) is 0 Å². The molecule has 5 rings (SSSR count). The molecule has 0 saturated heterocycles. The second-order valence-corrected chi connectivity index (χ2v) is 10.1. The van der Waals surface area contributed by atoms with E-state index in [0.29, 0.717) is 22.8 Å². The lowest BCUT2D eigenvalue weighted by Crippen LogP contribution is -2.40. The average molecular weight is 519 g/mol. The Labute approximate surface area is 217 Å². The van der Waals surface area contributed by atoms with E-state index >= 15 is 4.39 Å². The Hall–Kier alpha value is -3.98. The van der Waals surface area contributed by atoms with Crippen LogP contribution in [0.3, 0.4) is 0 Å². The van der Waals surface area contributed by atoms with Crippen molar-refractivity contribution >= 4 is 29.4 Å². The number of nitrogens with zero attached hydrogens (tertiary/aromatic N) is 3. The molecule has 1 aromatic heterocycles. The van der Waals surface area contributed by atoms with Gasteiger partial charge in [0.15, 0.2) is 0 Å². The van der Waals surface area contributed by atoms with Gasteiger partial charge in [0.05, 0.1) is 22.4 Å². The Morgan fingerprint density at radius 1 is 1.08 bits per heavy atom. The molecule has 0 saturated carbocycles. The normalized spacial score (nSPS) is 15.4. The highest BCUT2D eigenvalue weighted by Crippen LogP contribution is 2.49. The number of benzene rings is 3. The van der Waals surface area contributed by atoms with Crippen LogP contribution in [0, 0.1) is 25.5 Å². The first-order valence-electron chi connectivity index (χ1n) is 11.7. The number of nitrogens with two attached hydrogens (primary N) is 1. The predicted molar refractivity (Wildman–Crippen MR) is 141 cm³/mol. The monoisotopic (exact) mass is 518 g/mol. The van der Waals surface area contributed by atoms with E-state index in [0.717, 1.165) is 22.8 Å². The van der Waals surface area contributed by atoms with Gasteiger partial charge in [0.25, 0.3) is 0 Å². The number of halogens is 2. The molecule has 1 aliphatic heterocycles. The van der Waals surface area contributed by atoms with Crippen LogP contribution in [0.25, 0.3) is 16.9 Å². The van der Waals surface area contributed by atoms with Gasteiger partial charge in [-0.2, -0.15) is 5.10 Å². The van der Waals surface area contributed by atoms with Crippen molar-refractivity contribution in [2.75, 3.05) is 17.2 Å². The van der Waals surface area contributed by atoms with E-state index < -0.39 is 22.8 Å². The van der Waals surface area contributed by atoms with Crippen LogP contribution in [0.15, 0.2) is 66.7 Å². The summed E-state index contributed by atoms with van der Waals surface area (Å²) in [6, 6.07) is 18.6. The van der Waals surface area contributed by atoms with E-state index in [2.05, 4.69) is 0 Å². The van der Waals surface area contributed by atoms with Crippen LogP contribution in [-0.2, 0) is 9.59 Å². The summed E-state index contributed by atoms with van der Waals surface area (Å²) in [6.45, 7) is 3.54. The molecule has 0 bridgehead atoms. The third kappa shape index (κ3) is 4.62. The number of amides is 2. The van der Waals surface area contributed by atoms with Crippen LogP contribution in [0.4, 0.5) is 14.6 Å². The van der Waals surface area contributed by atoms with Crippen molar-refractivity contribution < 1.29 is 18.4 Å². The number of aromatic nitrogens is 2. The molecule has 1 aliphatic rings. The zero-order valence-corrected chi connectivity index (χ0v) is 21.1. The molecule has 4 aromatic rings. The fourth-order valence-corrected chi connectivity index (χ4v) is 5.87. The van der Waals surface area contributed by atoms with Crippen LogP contribution < -0.4 is 10.6 Å². The van der Waals surface area contributed by atoms with Crippen molar-refractivity contribution in [3.05, 3.63) is 101 Å². The molecule has 37 heavy (non-hydrogen) atoms.